The van der Waals surface area contributed by atoms with E-state index in [-0.39, 0.29) is 21.6 Å². The number of hydrogen-bond acceptors (Lipinski definition) is 4. The standard InChI is InChI=1S/C16H25ClN2O4S/c1-5-23-14-7-6-13(17)10-15(14)24(21,22)19-12(4)16(20)18-9-8-11(2)3/h6-7,10-12,19H,5,8-9H2,1-4H3,(H,18,20). The second-order valence-electron chi connectivity index (χ2n) is 5.84. The number of hydrogen-bond donors (Lipinski definition) is 2. The van der Waals surface area contributed by atoms with E-state index in [1.165, 1.54) is 19.1 Å². The van der Waals surface area contributed by atoms with Gasteiger partial charge in [-0.25, -0.2) is 8.42 Å². The molecule has 1 aromatic carbocycles. The fourth-order valence-corrected chi connectivity index (χ4v) is 3.56. The maximum atomic E-state index is 12.5. The van der Waals surface area contributed by atoms with Crippen LogP contribution in [0.25, 0.3) is 0 Å². The van der Waals surface area contributed by atoms with Crippen molar-refractivity contribution >= 4 is 27.5 Å². The molecule has 0 saturated carbocycles. The minimum atomic E-state index is -3.94. The number of halogens is 1. The Labute approximate surface area is 149 Å². The Hall–Kier alpha value is -1.31. The zero-order valence-electron chi connectivity index (χ0n) is 14.4. The summed E-state index contributed by atoms with van der Waals surface area (Å²) >= 11 is 5.89. The molecule has 24 heavy (non-hydrogen) atoms. The van der Waals surface area contributed by atoms with Crippen LogP contribution in [0.15, 0.2) is 23.1 Å². The number of carbonyl (C=O) groups excluding carboxylic acids is 1. The third-order valence-electron chi connectivity index (χ3n) is 3.24. The molecule has 1 rings (SSSR count). The van der Waals surface area contributed by atoms with Crippen molar-refractivity contribution in [3.63, 3.8) is 0 Å². The van der Waals surface area contributed by atoms with Gasteiger partial charge in [0.1, 0.15) is 10.6 Å². The van der Waals surface area contributed by atoms with E-state index in [2.05, 4.69) is 10.0 Å². The van der Waals surface area contributed by atoms with Gasteiger partial charge in [-0.2, -0.15) is 4.72 Å². The second-order valence-corrected chi connectivity index (χ2v) is 7.96. The quantitative estimate of drug-likeness (QED) is 0.693. The lowest BCUT2D eigenvalue weighted by Gasteiger charge is -2.17. The molecule has 1 aromatic rings. The van der Waals surface area contributed by atoms with Gasteiger partial charge in [0.25, 0.3) is 0 Å². The van der Waals surface area contributed by atoms with Crippen LogP contribution in [0.2, 0.25) is 5.02 Å². The summed E-state index contributed by atoms with van der Waals surface area (Å²) in [4.78, 5) is 11.9. The van der Waals surface area contributed by atoms with E-state index in [0.717, 1.165) is 6.42 Å². The molecule has 0 spiro atoms. The van der Waals surface area contributed by atoms with Crippen LogP contribution in [-0.2, 0) is 14.8 Å². The van der Waals surface area contributed by atoms with Gasteiger partial charge in [0.15, 0.2) is 0 Å². The van der Waals surface area contributed by atoms with Crippen molar-refractivity contribution in [2.45, 2.75) is 45.1 Å². The molecule has 0 fully saturated rings. The molecule has 0 aromatic heterocycles. The zero-order chi connectivity index (χ0) is 18.3. The SMILES string of the molecule is CCOc1ccc(Cl)cc1S(=O)(=O)NC(C)C(=O)NCCC(C)C. The summed E-state index contributed by atoms with van der Waals surface area (Å²) < 4.78 is 32.8. The van der Waals surface area contributed by atoms with E-state index >= 15 is 0 Å². The molecule has 0 aliphatic heterocycles. The number of carbonyl (C=O) groups is 1. The van der Waals surface area contributed by atoms with Gasteiger partial charge in [-0.15, -0.1) is 0 Å². The Bertz CT molecular complexity index is 662. The van der Waals surface area contributed by atoms with E-state index in [4.69, 9.17) is 16.3 Å². The van der Waals surface area contributed by atoms with Crippen molar-refractivity contribution in [2.24, 2.45) is 5.92 Å². The van der Waals surface area contributed by atoms with Gasteiger partial charge >= 0.3 is 0 Å². The number of benzene rings is 1. The molecule has 8 heteroatoms. The van der Waals surface area contributed by atoms with E-state index in [0.29, 0.717) is 19.1 Å². The average molecular weight is 377 g/mol. The van der Waals surface area contributed by atoms with Crippen LogP contribution in [0.3, 0.4) is 0 Å². The van der Waals surface area contributed by atoms with E-state index in [1.807, 2.05) is 13.8 Å². The van der Waals surface area contributed by atoms with E-state index in [1.54, 1.807) is 13.0 Å². The second kappa shape index (κ2) is 9.25. The average Bonchev–Trinajstić information content (AvgIpc) is 2.48. The van der Waals surface area contributed by atoms with Gasteiger partial charge in [0.2, 0.25) is 15.9 Å². The minimum absolute atomic E-state index is 0.0846. The normalized spacial score (nSPS) is 12.9. The first-order chi connectivity index (χ1) is 11.2. The number of nitrogens with one attached hydrogen (secondary N) is 2. The summed E-state index contributed by atoms with van der Waals surface area (Å²) in [5.41, 5.74) is 0. The molecule has 0 aliphatic carbocycles. The van der Waals surface area contributed by atoms with Crippen LogP contribution in [0.4, 0.5) is 0 Å². The van der Waals surface area contributed by atoms with Crippen LogP contribution in [0.1, 0.15) is 34.1 Å². The lowest BCUT2D eigenvalue weighted by molar-refractivity contribution is -0.122. The molecule has 1 atom stereocenters. The lowest BCUT2D eigenvalue weighted by atomic mass is 10.1. The van der Waals surface area contributed by atoms with Crippen LogP contribution in [0.5, 0.6) is 5.75 Å². The highest BCUT2D eigenvalue weighted by Crippen LogP contribution is 2.27. The van der Waals surface area contributed by atoms with Crippen molar-refractivity contribution in [1.82, 2.24) is 10.0 Å². The van der Waals surface area contributed by atoms with Gasteiger partial charge in [0, 0.05) is 11.6 Å². The first-order valence-electron chi connectivity index (χ1n) is 7.89. The summed E-state index contributed by atoms with van der Waals surface area (Å²) in [6.07, 6.45) is 0.827. The number of sulfonamides is 1. The molecule has 0 heterocycles. The third-order valence-corrected chi connectivity index (χ3v) is 5.04. The molecule has 1 amide bonds. The minimum Gasteiger partial charge on any atom is -0.492 e. The highest BCUT2D eigenvalue weighted by molar-refractivity contribution is 7.89. The Kier molecular flexibility index (Phi) is 7.99. The first-order valence-corrected chi connectivity index (χ1v) is 9.75. The van der Waals surface area contributed by atoms with Crippen molar-refractivity contribution < 1.29 is 17.9 Å². The molecule has 0 bridgehead atoms. The number of rotatable bonds is 9. The first kappa shape index (κ1) is 20.7. The molecule has 1 unspecified atom stereocenters. The fraction of sp³-hybridized carbons (Fsp3) is 0.562. The lowest BCUT2D eigenvalue weighted by Crippen LogP contribution is -2.45. The molecule has 6 nitrogen and oxygen atoms in total. The van der Waals surface area contributed by atoms with Gasteiger partial charge in [-0.3, -0.25) is 4.79 Å². The van der Waals surface area contributed by atoms with Gasteiger partial charge in [-0.1, -0.05) is 25.4 Å². The van der Waals surface area contributed by atoms with Crippen molar-refractivity contribution in [3.05, 3.63) is 23.2 Å². The van der Waals surface area contributed by atoms with Crippen LogP contribution in [-0.4, -0.2) is 33.5 Å². The van der Waals surface area contributed by atoms with E-state index < -0.39 is 16.1 Å². The predicted octanol–water partition coefficient (Wildman–Crippen LogP) is 2.57. The molecule has 136 valence electrons. The van der Waals surface area contributed by atoms with Gasteiger partial charge < -0.3 is 10.1 Å². The number of amides is 1. The Balaban J connectivity index is 2.85. The van der Waals surface area contributed by atoms with E-state index in [9.17, 15) is 13.2 Å². The van der Waals surface area contributed by atoms with Crippen molar-refractivity contribution in [2.75, 3.05) is 13.2 Å². The fourth-order valence-electron chi connectivity index (χ4n) is 1.95. The third kappa shape index (κ3) is 6.30. The molecular formula is C16H25ClN2O4S. The highest BCUT2D eigenvalue weighted by atomic mass is 35.5. The summed E-state index contributed by atoms with van der Waals surface area (Å²) in [5, 5.41) is 2.99. The van der Waals surface area contributed by atoms with Crippen molar-refractivity contribution in [3.8, 4) is 5.75 Å². The Morgan fingerprint density at radius 1 is 1.29 bits per heavy atom. The predicted molar refractivity (Wildman–Crippen MR) is 94.9 cm³/mol. The van der Waals surface area contributed by atoms with Crippen molar-refractivity contribution in [1.29, 1.82) is 0 Å². The Morgan fingerprint density at radius 2 is 1.96 bits per heavy atom. The summed E-state index contributed by atoms with van der Waals surface area (Å²) in [6.45, 7) is 8.16. The topological polar surface area (TPSA) is 84.5 Å². The summed E-state index contributed by atoms with van der Waals surface area (Å²) in [5.74, 6) is 0.276. The highest BCUT2D eigenvalue weighted by Gasteiger charge is 2.25. The molecule has 0 aliphatic rings. The molecule has 0 radical (unpaired) electrons. The molecule has 0 saturated heterocycles. The Morgan fingerprint density at radius 3 is 2.54 bits per heavy atom. The van der Waals surface area contributed by atoms with Crippen LogP contribution >= 0.6 is 11.6 Å². The van der Waals surface area contributed by atoms with Gasteiger partial charge in [0.05, 0.1) is 12.6 Å². The maximum Gasteiger partial charge on any atom is 0.245 e. The smallest absolute Gasteiger partial charge is 0.245 e. The largest absolute Gasteiger partial charge is 0.492 e. The maximum absolute atomic E-state index is 12.5. The number of ether oxygens (including phenoxy) is 1. The summed E-state index contributed by atoms with van der Waals surface area (Å²) in [7, 11) is -3.94. The molecular weight excluding hydrogens is 352 g/mol. The van der Waals surface area contributed by atoms with Crippen LogP contribution in [0, 0.1) is 5.92 Å². The van der Waals surface area contributed by atoms with Crippen LogP contribution < -0.4 is 14.8 Å². The molecule has 2 N–H and O–H groups in total. The summed E-state index contributed by atoms with van der Waals surface area (Å²) in [6, 6.07) is 3.44. The van der Waals surface area contributed by atoms with Gasteiger partial charge in [-0.05, 0) is 44.4 Å². The monoisotopic (exact) mass is 376 g/mol. The zero-order valence-corrected chi connectivity index (χ0v) is 16.0.